The highest BCUT2D eigenvalue weighted by atomic mass is 16.4. The quantitative estimate of drug-likeness (QED) is 0.166. The van der Waals surface area contributed by atoms with Gasteiger partial charge in [-0.2, -0.15) is 5.26 Å². The maximum absolute atomic E-state index is 9.84. The Morgan fingerprint density at radius 1 is 0.662 bits per heavy atom. The Balaban J connectivity index is 1.01. The van der Waals surface area contributed by atoms with Gasteiger partial charge in [0.15, 0.2) is 0 Å². The zero-order valence-electron chi connectivity index (χ0n) is 35.1. The number of nitrogens with zero attached hydrogens (tertiary/aromatic N) is 3. The van der Waals surface area contributed by atoms with Gasteiger partial charge in [-0.15, -0.1) is 0 Å². The smallest absolute Gasteiger partial charge is 0.228 e. The molecule has 65 heavy (non-hydrogen) atoms. The summed E-state index contributed by atoms with van der Waals surface area (Å²) in [5.74, 6) is 3.31. The van der Waals surface area contributed by atoms with Crippen LogP contribution in [0, 0.1) is 17.2 Å². The van der Waals surface area contributed by atoms with Crippen molar-refractivity contribution in [3.05, 3.63) is 214 Å². The van der Waals surface area contributed by atoms with E-state index in [1.54, 1.807) is 0 Å². The average Bonchev–Trinajstić information content (AvgIpc) is 3.61. The fourth-order valence-electron chi connectivity index (χ4n) is 11.8. The van der Waals surface area contributed by atoms with E-state index in [0.29, 0.717) is 29.0 Å². The number of furan rings is 3. The molecule has 0 spiro atoms. The van der Waals surface area contributed by atoms with Gasteiger partial charge in [0.2, 0.25) is 5.88 Å². The van der Waals surface area contributed by atoms with Crippen molar-refractivity contribution in [3.8, 4) is 17.2 Å². The largest absolute Gasteiger partial charge is 0.460 e. The van der Waals surface area contributed by atoms with Crippen LogP contribution in [0.1, 0.15) is 81.7 Å². The number of benzene rings is 7. The molecule has 6 heteroatoms. The molecule has 5 aliphatic rings. The van der Waals surface area contributed by atoms with Crippen LogP contribution in [-0.4, -0.2) is 5.71 Å². The molecule has 0 bridgehead atoms. The first kappa shape index (κ1) is 35.1. The van der Waals surface area contributed by atoms with Crippen molar-refractivity contribution < 1.29 is 13.3 Å². The normalized spacial score (nSPS) is 19.8. The van der Waals surface area contributed by atoms with Crippen LogP contribution in [0.5, 0.6) is 0 Å². The third kappa shape index (κ3) is 4.75. The molecule has 0 N–H and O–H groups in total. The summed E-state index contributed by atoms with van der Waals surface area (Å²) in [5, 5.41) is 15.3. The van der Waals surface area contributed by atoms with Crippen molar-refractivity contribution in [3.63, 3.8) is 0 Å². The molecule has 1 fully saturated rings. The lowest BCUT2D eigenvalue weighted by Gasteiger charge is -2.35. The Hall–Kier alpha value is -8.36. The highest BCUT2D eigenvalue weighted by Crippen LogP contribution is 2.64. The summed E-state index contributed by atoms with van der Waals surface area (Å²) in [6.07, 6.45) is 3.50. The standard InChI is InChI=1S/C59H35N3O3/c1-31-26-48(54(34-20-18-32(30-60)19-21-34)61-59-51(31)40-14-6-9-17-50(40)64-59)62-47-15-7-4-13-39(47)52-44-27-35(42-28-45-37-12-5-8-16-49(37)63-57(45)46-29-43(42)46)23-24-38(44)53-41-25-22-33-10-2-3-11-36(33)56(41)65-58(53)55(52)62/h2-25,27-28,43,46,52,55H,29H2,1H3/t43-,46?,52?,55?/m1/s1. The van der Waals surface area contributed by atoms with Crippen molar-refractivity contribution in [1.29, 1.82) is 5.26 Å². The summed E-state index contributed by atoms with van der Waals surface area (Å²) in [6.45, 7) is 2.11. The number of aliphatic imine (C=N–C) groups is 1. The lowest BCUT2D eigenvalue weighted by Crippen LogP contribution is -2.32. The Kier molecular flexibility index (Phi) is 6.83. The van der Waals surface area contributed by atoms with Crippen molar-refractivity contribution in [2.45, 2.75) is 31.2 Å². The molecule has 15 rings (SSSR count). The highest BCUT2D eigenvalue weighted by molar-refractivity contribution is 6.18. The Morgan fingerprint density at radius 3 is 2.28 bits per heavy atom. The van der Waals surface area contributed by atoms with Gasteiger partial charge in [0.05, 0.1) is 17.2 Å². The predicted molar refractivity (Wildman–Crippen MR) is 257 cm³/mol. The molecule has 3 aliphatic carbocycles. The molecule has 304 valence electrons. The fraction of sp³-hybridized carbons (Fsp3) is 0.102. The van der Waals surface area contributed by atoms with Gasteiger partial charge in [-0.3, -0.25) is 0 Å². The summed E-state index contributed by atoms with van der Waals surface area (Å²) in [4.78, 5) is 7.89. The van der Waals surface area contributed by atoms with Gasteiger partial charge in [0.25, 0.3) is 0 Å². The van der Waals surface area contributed by atoms with Gasteiger partial charge >= 0.3 is 0 Å². The molecule has 10 aromatic rings. The molecule has 0 radical (unpaired) electrons. The van der Waals surface area contributed by atoms with E-state index < -0.39 is 0 Å². The first-order chi connectivity index (χ1) is 32.1. The van der Waals surface area contributed by atoms with Crippen LogP contribution >= 0.6 is 0 Å². The van der Waals surface area contributed by atoms with Gasteiger partial charge in [0, 0.05) is 61.3 Å². The number of fused-ring (bicyclic) bond motifs is 20. The second-order valence-electron chi connectivity index (χ2n) is 18.1. The molecule has 0 amide bonds. The zero-order chi connectivity index (χ0) is 42.7. The van der Waals surface area contributed by atoms with Gasteiger partial charge in [-0.1, -0.05) is 121 Å². The number of para-hydroxylation sites is 3. The summed E-state index contributed by atoms with van der Waals surface area (Å²) in [6, 6.07) is 55.2. The van der Waals surface area contributed by atoms with E-state index in [2.05, 4.69) is 139 Å². The van der Waals surface area contributed by atoms with Crippen LogP contribution in [0.15, 0.2) is 181 Å². The van der Waals surface area contributed by atoms with Gasteiger partial charge in [0.1, 0.15) is 45.7 Å². The molecule has 1 saturated carbocycles. The van der Waals surface area contributed by atoms with Crippen LogP contribution in [0.25, 0.3) is 72.0 Å². The average molecular weight is 834 g/mol. The molecular weight excluding hydrogens is 799 g/mol. The molecular formula is C59H35N3O3. The second-order valence-corrected chi connectivity index (χ2v) is 18.1. The van der Waals surface area contributed by atoms with E-state index in [4.69, 9.17) is 18.2 Å². The Labute approximate surface area is 373 Å². The van der Waals surface area contributed by atoms with Gasteiger partial charge in [-0.05, 0) is 94.9 Å². The van der Waals surface area contributed by atoms with Gasteiger partial charge in [-0.25, -0.2) is 4.99 Å². The molecule has 2 aliphatic heterocycles. The minimum Gasteiger partial charge on any atom is -0.460 e. The van der Waals surface area contributed by atoms with Crippen LogP contribution in [0.4, 0.5) is 11.6 Å². The van der Waals surface area contributed by atoms with Crippen LogP contribution < -0.4 is 4.90 Å². The fourth-order valence-corrected chi connectivity index (χ4v) is 11.8. The maximum atomic E-state index is 9.84. The zero-order valence-corrected chi connectivity index (χ0v) is 35.1. The van der Waals surface area contributed by atoms with Gasteiger partial charge < -0.3 is 18.2 Å². The Bertz CT molecular complexity index is 3970. The van der Waals surface area contributed by atoms with E-state index in [0.717, 1.165) is 89.9 Å². The number of nitriles is 1. The Morgan fingerprint density at radius 2 is 1.42 bits per heavy atom. The number of rotatable bonds is 3. The van der Waals surface area contributed by atoms with Crippen LogP contribution in [0.3, 0.4) is 0 Å². The lowest BCUT2D eigenvalue weighted by molar-refractivity contribution is 0.474. The van der Waals surface area contributed by atoms with E-state index in [9.17, 15) is 5.26 Å². The molecule has 5 heterocycles. The third-order valence-corrected chi connectivity index (χ3v) is 14.7. The number of anilines is 1. The number of allylic oxidation sites excluding steroid dienone is 2. The first-order valence-electron chi connectivity index (χ1n) is 22.4. The highest BCUT2D eigenvalue weighted by Gasteiger charge is 2.51. The molecule has 4 atom stereocenters. The summed E-state index contributed by atoms with van der Waals surface area (Å²) < 4.78 is 20.5. The summed E-state index contributed by atoms with van der Waals surface area (Å²) in [7, 11) is 0. The minimum atomic E-state index is -0.297. The summed E-state index contributed by atoms with van der Waals surface area (Å²) >= 11 is 0. The lowest BCUT2D eigenvalue weighted by atomic mass is 9.75. The monoisotopic (exact) mass is 833 g/mol. The molecule has 7 aromatic carbocycles. The van der Waals surface area contributed by atoms with E-state index in [-0.39, 0.29) is 12.0 Å². The SMILES string of the molecule is CC1=C=C(N2c3ccccc3C3c4cc(C5=Cc6c(oc7ccccc67)C6C[C@H]56)ccc4-c4c(oc5c4ccc4ccccc45)C32)C(c2ccc(C#N)cc2)=Nc2oc3ccccc3c21. The van der Waals surface area contributed by atoms with Crippen molar-refractivity contribution >= 4 is 78.2 Å². The van der Waals surface area contributed by atoms with Crippen molar-refractivity contribution in [2.75, 3.05) is 4.90 Å². The first-order valence-corrected chi connectivity index (χ1v) is 22.4. The third-order valence-electron chi connectivity index (χ3n) is 14.7. The van der Waals surface area contributed by atoms with E-state index >= 15 is 0 Å². The van der Waals surface area contributed by atoms with Crippen LogP contribution in [-0.2, 0) is 0 Å². The minimum absolute atomic E-state index is 0.0955. The topological polar surface area (TPSA) is 78.8 Å². The maximum Gasteiger partial charge on any atom is 0.228 e. The molecule has 3 aromatic heterocycles. The van der Waals surface area contributed by atoms with Crippen LogP contribution in [0.2, 0.25) is 0 Å². The van der Waals surface area contributed by atoms with Crippen molar-refractivity contribution in [2.24, 2.45) is 10.9 Å². The molecule has 0 saturated heterocycles. The predicted octanol–water partition coefficient (Wildman–Crippen LogP) is 15.0. The molecule has 3 unspecified atom stereocenters. The summed E-state index contributed by atoms with van der Waals surface area (Å²) in [5.41, 5.74) is 21.2. The number of hydrogen-bond acceptors (Lipinski definition) is 6. The van der Waals surface area contributed by atoms with E-state index in [1.807, 2.05) is 42.5 Å². The second kappa shape index (κ2) is 12.6. The van der Waals surface area contributed by atoms with E-state index in [1.165, 1.54) is 38.8 Å². The van der Waals surface area contributed by atoms with Crippen molar-refractivity contribution in [1.82, 2.24) is 0 Å². The number of hydrogen-bond donors (Lipinski definition) is 0. The molecule has 6 nitrogen and oxygen atoms in total.